The summed E-state index contributed by atoms with van der Waals surface area (Å²) in [4.78, 5) is 0. The van der Waals surface area contributed by atoms with Crippen LogP contribution in [0.1, 0.15) is 0 Å². The van der Waals surface area contributed by atoms with E-state index in [-0.39, 0.29) is 11.0 Å². The van der Waals surface area contributed by atoms with E-state index >= 15 is 0 Å². The maximum Gasteiger partial charge on any atom is 0.504 e. The van der Waals surface area contributed by atoms with Gasteiger partial charge in [0.05, 0.1) is 0 Å². The van der Waals surface area contributed by atoms with Gasteiger partial charge in [-0.15, -0.1) is 6.58 Å². The molecule has 5 heteroatoms. The topological polar surface area (TPSA) is 27.7 Å². The van der Waals surface area contributed by atoms with Crippen LogP contribution in [0.5, 0.6) is 0 Å². The van der Waals surface area contributed by atoms with Gasteiger partial charge in [-0.25, -0.2) is 0 Å². The molecule has 68 valence electrons. The first-order valence-corrected chi connectivity index (χ1v) is 4.94. The standard InChI is InChI=1S/C6H14O3Si.H4Si/c1-5-6-10(7-2,8-3)9-4;/h5H,1,6H2,2-4H3;1H4. The molecular formula is C6H18O3Si2. The van der Waals surface area contributed by atoms with Crippen LogP contribution in [0.25, 0.3) is 0 Å². The van der Waals surface area contributed by atoms with E-state index in [2.05, 4.69) is 6.58 Å². The van der Waals surface area contributed by atoms with E-state index < -0.39 is 8.80 Å². The highest BCUT2D eigenvalue weighted by Gasteiger charge is 2.35. The van der Waals surface area contributed by atoms with Gasteiger partial charge >= 0.3 is 8.80 Å². The summed E-state index contributed by atoms with van der Waals surface area (Å²) in [5, 5.41) is 0. The fourth-order valence-electron chi connectivity index (χ4n) is 0.677. The van der Waals surface area contributed by atoms with Crippen molar-refractivity contribution in [2.45, 2.75) is 6.04 Å². The van der Waals surface area contributed by atoms with Crippen LogP contribution in [0, 0.1) is 0 Å². The second kappa shape index (κ2) is 6.74. The lowest BCUT2D eigenvalue weighted by Gasteiger charge is -2.22. The Labute approximate surface area is 73.7 Å². The Hall–Kier alpha value is 0.0538. The van der Waals surface area contributed by atoms with Gasteiger partial charge < -0.3 is 13.3 Å². The van der Waals surface area contributed by atoms with Gasteiger partial charge in [-0.3, -0.25) is 0 Å². The lowest BCUT2D eigenvalue weighted by Crippen LogP contribution is -2.41. The Morgan fingerprint density at radius 3 is 1.64 bits per heavy atom. The zero-order valence-corrected chi connectivity index (χ0v) is 7.72. The lowest BCUT2D eigenvalue weighted by molar-refractivity contribution is 0.127. The predicted molar refractivity (Wildman–Crippen MR) is 53.1 cm³/mol. The number of allylic oxidation sites excluding steroid dienone is 1. The van der Waals surface area contributed by atoms with Crippen molar-refractivity contribution >= 4 is 19.8 Å². The molecule has 0 fully saturated rings. The Morgan fingerprint density at radius 1 is 1.18 bits per heavy atom. The van der Waals surface area contributed by atoms with Crippen molar-refractivity contribution in [3.8, 4) is 0 Å². The van der Waals surface area contributed by atoms with Gasteiger partial charge in [0.1, 0.15) is 0 Å². The van der Waals surface area contributed by atoms with Gasteiger partial charge in [0.2, 0.25) is 0 Å². The molecular weight excluding hydrogens is 176 g/mol. The van der Waals surface area contributed by atoms with Gasteiger partial charge in [0, 0.05) is 27.4 Å². The average molecular weight is 194 g/mol. The van der Waals surface area contributed by atoms with E-state index in [1.54, 1.807) is 27.4 Å². The molecule has 11 heavy (non-hydrogen) atoms. The van der Waals surface area contributed by atoms with E-state index in [0.717, 1.165) is 0 Å². The van der Waals surface area contributed by atoms with Crippen LogP contribution in [-0.2, 0) is 13.3 Å². The van der Waals surface area contributed by atoms with Crippen molar-refractivity contribution in [3.63, 3.8) is 0 Å². The van der Waals surface area contributed by atoms with Crippen LogP contribution < -0.4 is 0 Å². The Balaban J connectivity index is 0. The van der Waals surface area contributed by atoms with Crippen LogP contribution in [0.3, 0.4) is 0 Å². The summed E-state index contributed by atoms with van der Waals surface area (Å²) in [6.07, 6.45) is 1.74. The fourth-order valence-corrected chi connectivity index (χ4v) is 2.03. The van der Waals surface area contributed by atoms with Crippen LogP contribution >= 0.6 is 0 Å². The van der Waals surface area contributed by atoms with Crippen LogP contribution in [0.2, 0.25) is 6.04 Å². The minimum atomic E-state index is -2.34. The summed E-state index contributed by atoms with van der Waals surface area (Å²) >= 11 is 0. The summed E-state index contributed by atoms with van der Waals surface area (Å²) in [5.41, 5.74) is 0. The molecule has 0 aromatic rings. The molecule has 0 bridgehead atoms. The molecule has 0 N–H and O–H groups in total. The summed E-state index contributed by atoms with van der Waals surface area (Å²) < 4.78 is 15.3. The first-order chi connectivity index (χ1) is 4.74. The molecule has 0 aliphatic carbocycles. The van der Waals surface area contributed by atoms with Gasteiger partial charge in [0.15, 0.2) is 0 Å². The maximum absolute atomic E-state index is 5.10. The monoisotopic (exact) mass is 194 g/mol. The van der Waals surface area contributed by atoms with Crippen LogP contribution in [0.4, 0.5) is 0 Å². The number of hydrogen-bond donors (Lipinski definition) is 0. The van der Waals surface area contributed by atoms with Gasteiger partial charge in [0.25, 0.3) is 0 Å². The molecule has 3 nitrogen and oxygen atoms in total. The molecule has 0 aliphatic heterocycles. The molecule has 0 saturated carbocycles. The zero-order chi connectivity index (χ0) is 8.04. The number of hydrogen-bond acceptors (Lipinski definition) is 3. The minimum absolute atomic E-state index is 0. The Kier molecular flexibility index (Phi) is 8.36. The van der Waals surface area contributed by atoms with E-state index in [9.17, 15) is 0 Å². The van der Waals surface area contributed by atoms with E-state index in [1.165, 1.54) is 0 Å². The van der Waals surface area contributed by atoms with Gasteiger partial charge in [-0.05, 0) is 11.0 Å². The maximum atomic E-state index is 5.10. The molecule has 0 heterocycles. The second-order valence-corrected chi connectivity index (χ2v) is 4.79. The predicted octanol–water partition coefficient (Wildman–Crippen LogP) is -0.401. The third kappa shape index (κ3) is 3.83. The molecule has 0 atom stereocenters. The molecule has 0 aromatic heterocycles. The van der Waals surface area contributed by atoms with Crippen molar-refractivity contribution in [1.82, 2.24) is 0 Å². The average Bonchev–Trinajstić information content (AvgIpc) is 2.01. The molecule has 0 radical (unpaired) electrons. The second-order valence-electron chi connectivity index (χ2n) is 1.79. The molecule has 0 unspecified atom stereocenters. The first-order valence-electron chi connectivity index (χ1n) is 3.01. The summed E-state index contributed by atoms with van der Waals surface area (Å²) in [7, 11) is 2.42. The highest BCUT2D eigenvalue weighted by Crippen LogP contribution is 2.11. The third-order valence-corrected chi connectivity index (χ3v) is 3.98. The van der Waals surface area contributed by atoms with Crippen LogP contribution in [0.15, 0.2) is 12.7 Å². The highest BCUT2D eigenvalue weighted by molar-refractivity contribution is 6.61. The van der Waals surface area contributed by atoms with Crippen molar-refractivity contribution in [2.75, 3.05) is 21.3 Å². The molecule has 0 aliphatic rings. The molecule has 0 rings (SSSR count). The minimum Gasteiger partial charge on any atom is -0.377 e. The zero-order valence-electron chi connectivity index (χ0n) is 6.72. The van der Waals surface area contributed by atoms with E-state index in [1.807, 2.05) is 0 Å². The quantitative estimate of drug-likeness (QED) is 0.440. The Morgan fingerprint density at radius 2 is 1.55 bits per heavy atom. The lowest BCUT2D eigenvalue weighted by atomic mass is 10.8. The van der Waals surface area contributed by atoms with Crippen molar-refractivity contribution in [2.24, 2.45) is 0 Å². The summed E-state index contributed by atoms with van der Waals surface area (Å²) in [5.74, 6) is 0. The summed E-state index contributed by atoms with van der Waals surface area (Å²) in [6.45, 7) is 3.58. The first kappa shape index (κ1) is 13.6. The SMILES string of the molecule is C=CC[Si](OC)(OC)OC.[SiH4]. The van der Waals surface area contributed by atoms with Gasteiger partial charge in [-0.1, -0.05) is 6.08 Å². The van der Waals surface area contributed by atoms with Gasteiger partial charge in [-0.2, -0.15) is 0 Å². The molecule has 0 spiro atoms. The molecule has 0 amide bonds. The number of rotatable bonds is 5. The summed E-state index contributed by atoms with van der Waals surface area (Å²) in [6, 6.07) is 0.649. The largest absolute Gasteiger partial charge is 0.504 e. The van der Waals surface area contributed by atoms with Crippen LogP contribution in [-0.4, -0.2) is 41.1 Å². The molecule has 0 saturated heterocycles. The third-order valence-electron chi connectivity index (χ3n) is 1.33. The smallest absolute Gasteiger partial charge is 0.377 e. The van der Waals surface area contributed by atoms with Crippen molar-refractivity contribution in [1.29, 1.82) is 0 Å². The Bertz CT molecular complexity index is 95.7. The fraction of sp³-hybridized carbons (Fsp3) is 0.667. The van der Waals surface area contributed by atoms with E-state index in [4.69, 9.17) is 13.3 Å². The van der Waals surface area contributed by atoms with E-state index in [0.29, 0.717) is 6.04 Å². The van der Waals surface area contributed by atoms with Crippen molar-refractivity contribution in [3.05, 3.63) is 12.7 Å². The normalized spacial score (nSPS) is 10.5. The van der Waals surface area contributed by atoms with Crippen molar-refractivity contribution < 1.29 is 13.3 Å². The molecule has 0 aromatic carbocycles. The highest BCUT2D eigenvalue weighted by atomic mass is 28.4.